The van der Waals surface area contributed by atoms with Crippen molar-refractivity contribution < 1.29 is 4.48 Å². The summed E-state index contributed by atoms with van der Waals surface area (Å²) >= 11 is 0. The minimum atomic E-state index is 0.434. The van der Waals surface area contributed by atoms with Crippen LogP contribution in [-0.2, 0) is 19.3 Å². The van der Waals surface area contributed by atoms with Crippen molar-refractivity contribution in [2.24, 2.45) is 5.10 Å². The molecule has 226 valence electrons. The average molecular weight is 595 g/mol. The molecule has 0 unspecified atom stereocenters. The van der Waals surface area contributed by atoms with Crippen LogP contribution >= 0.6 is 0 Å². The number of para-hydroxylation sites is 1. The lowest BCUT2D eigenvalue weighted by Crippen LogP contribution is -2.29. The number of hydrogen-bond acceptors (Lipinski definition) is 4. The molecular formula is C40H39FN4. The largest absolute Gasteiger partial charge is 0.317 e. The van der Waals surface area contributed by atoms with Crippen molar-refractivity contribution in [1.29, 1.82) is 5.41 Å². The summed E-state index contributed by atoms with van der Waals surface area (Å²) in [6.07, 6.45) is 4.00. The Labute approximate surface area is 266 Å². The van der Waals surface area contributed by atoms with Gasteiger partial charge in [-0.1, -0.05) is 150 Å². The number of fused-ring (bicyclic) bond motifs is 1. The average Bonchev–Trinajstić information content (AvgIpc) is 3.11. The van der Waals surface area contributed by atoms with Gasteiger partial charge in [-0.05, 0) is 72.1 Å². The van der Waals surface area contributed by atoms with E-state index in [0.717, 1.165) is 34.9 Å². The molecule has 0 saturated carbocycles. The maximum atomic E-state index is 15.7. The van der Waals surface area contributed by atoms with E-state index < -0.39 is 0 Å². The van der Waals surface area contributed by atoms with Crippen molar-refractivity contribution in [2.45, 2.75) is 26.2 Å². The molecule has 0 saturated heterocycles. The zero-order valence-electron chi connectivity index (χ0n) is 25.6. The number of hydrazone groups is 1. The van der Waals surface area contributed by atoms with Crippen molar-refractivity contribution in [3.05, 3.63) is 180 Å². The number of hydrazine groups is 1. The van der Waals surface area contributed by atoms with Crippen LogP contribution in [0.5, 0.6) is 0 Å². The Bertz CT molecular complexity index is 1730. The number of halogens is 1. The van der Waals surface area contributed by atoms with Crippen LogP contribution in [0.3, 0.4) is 0 Å². The summed E-state index contributed by atoms with van der Waals surface area (Å²) in [5, 5.41) is 13.7. The number of benzene rings is 6. The highest BCUT2D eigenvalue weighted by Gasteiger charge is 2.20. The highest BCUT2D eigenvalue weighted by molar-refractivity contribution is 5.98. The standard InChI is InChI=1S/C32H28FN3.C7H8.CH3N/c33-36(34-25-24-27-14-6-2-7-15-27)35(29-16-8-3-9-17-29)32-23-22-28(30-18-10-11-19-31(30)32)21-20-26-12-4-1-5-13-26;1-7-5-3-2-4-6-7;1-2/h1-19,22-23,25H,20-21,24H2;2-6H,1H3;2H,1H2/b34-25+;;. The molecule has 6 rings (SSSR count). The van der Waals surface area contributed by atoms with Gasteiger partial charge >= 0.3 is 0 Å². The maximum absolute atomic E-state index is 15.7. The molecule has 0 radical (unpaired) electrons. The van der Waals surface area contributed by atoms with Gasteiger partial charge in [-0.3, -0.25) is 0 Å². The van der Waals surface area contributed by atoms with Gasteiger partial charge in [0.25, 0.3) is 0 Å². The first-order valence-corrected chi connectivity index (χ1v) is 15.0. The summed E-state index contributed by atoms with van der Waals surface area (Å²) in [4.78, 5) is 0. The molecule has 0 aromatic heterocycles. The van der Waals surface area contributed by atoms with E-state index in [1.165, 1.54) is 21.7 Å². The van der Waals surface area contributed by atoms with E-state index in [2.05, 4.69) is 67.3 Å². The van der Waals surface area contributed by atoms with Crippen LogP contribution in [-0.4, -0.2) is 18.3 Å². The van der Waals surface area contributed by atoms with E-state index in [-0.39, 0.29) is 0 Å². The van der Waals surface area contributed by atoms with Gasteiger partial charge in [0.2, 0.25) is 0 Å². The van der Waals surface area contributed by atoms with Gasteiger partial charge in [0.05, 0.1) is 11.4 Å². The van der Waals surface area contributed by atoms with Crippen molar-refractivity contribution in [2.75, 3.05) is 5.01 Å². The minimum Gasteiger partial charge on any atom is -0.317 e. The summed E-state index contributed by atoms with van der Waals surface area (Å²) in [6.45, 7) is 4.58. The third-order valence-corrected chi connectivity index (χ3v) is 7.20. The van der Waals surface area contributed by atoms with E-state index in [9.17, 15) is 0 Å². The summed E-state index contributed by atoms with van der Waals surface area (Å²) in [6, 6.07) is 52.5. The molecule has 0 fully saturated rings. The molecule has 6 aromatic rings. The fourth-order valence-electron chi connectivity index (χ4n) is 4.98. The van der Waals surface area contributed by atoms with Gasteiger partial charge in [-0.15, -0.1) is 5.10 Å². The van der Waals surface area contributed by atoms with Crippen molar-refractivity contribution in [3.8, 4) is 0 Å². The van der Waals surface area contributed by atoms with E-state index in [1.807, 2.05) is 109 Å². The molecule has 0 aliphatic heterocycles. The number of nitrogens with zero attached hydrogens (tertiary/aromatic N) is 3. The fraction of sp³-hybridized carbons (Fsp3) is 0.100. The Balaban J connectivity index is 0.000000447. The van der Waals surface area contributed by atoms with Crippen LogP contribution < -0.4 is 5.01 Å². The fourth-order valence-corrected chi connectivity index (χ4v) is 4.98. The second-order valence-electron chi connectivity index (χ2n) is 10.3. The van der Waals surface area contributed by atoms with E-state index in [1.54, 1.807) is 6.21 Å². The second-order valence-corrected chi connectivity index (χ2v) is 10.3. The predicted octanol–water partition coefficient (Wildman–Crippen LogP) is 10.4. The molecule has 0 aliphatic rings. The van der Waals surface area contributed by atoms with Gasteiger partial charge in [-0.2, -0.15) is 0 Å². The number of hydrogen-bond donors (Lipinski definition) is 1. The van der Waals surface area contributed by atoms with Gasteiger partial charge in [0.1, 0.15) is 0 Å². The summed E-state index contributed by atoms with van der Waals surface area (Å²) in [7, 11) is 0. The molecule has 0 heterocycles. The Morgan fingerprint density at radius 1 is 0.600 bits per heavy atom. The van der Waals surface area contributed by atoms with Crippen molar-refractivity contribution in [3.63, 3.8) is 0 Å². The Morgan fingerprint density at radius 3 is 1.69 bits per heavy atom. The molecule has 1 N–H and O–H groups in total. The SMILES string of the molecule is C=N.Cc1ccccc1.FN(/N=C/Cc1ccccc1)N(c1ccccc1)c1ccc(CCc2ccccc2)c2ccccc12. The third kappa shape index (κ3) is 9.47. The predicted molar refractivity (Wildman–Crippen MR) is 189 cm³/mol. The Hall–Kier alpha value is -5.55. The topological polar surface area (TPSA) is 42.7 Å². The summed E-state index contributed by atoms with van der Waals surface area (Å²) < 4.78 is 15.7. The smallest absolute Gasteiger partial charge is 0.0754 e. The van der Waals surface area contributed by atoms with Crippen molar-refractivity contribution in [1.82, 2.24) is 5.34 Å². The molecule has 0 amide bonds. The molecule has 5 heteroatoms. The lowest BCUT2D eigenvalue weighted by Gasteiger charge is -2.28. The van der Waals surface area contributed by atoms with Crippen molar-refractivity contribution >= 4 is 35.1 Å². The van der Waals surface area contributed by atoms with Gasteiger partial charge in [-0.25, -0.2) is 5.01 Å². The van der Waals surface area contributed by atoms with Gasteiger partial charge in [0, 0.05) is 18.0 Å². The maximum Gasteiger partial charge on any atom is 0.0754 e. The van der Waals surface area contributed by atoms with Crippen LogP contribution in [0.15, 0.2) is 163 Å². The number of anilines is 2. The third-order valence-electron chi connectivity index (χ3n) is 7.20. The van der Waals surface area contributed by atoms with Crippen LogP contribution in [0, 0.1) is 12.3 Å². The summed E-state index contributed by atoms with van der Waals surface area (Å²) in [5.41, 5.74) is 6.37. The Morgan fingerprint density at radius 2 is 1.11 bits per heavy atom. The molecule has 0 spiro atoms. The highest BCUT2D eigenvalue weighted by Crippen LogP contribution is 2.36. The molecule has 4 nitrogen and oxygen atoms in total. The molecule has 0 aliphatic carbocycles. The number of rotatable bonds is 9. The van der Waals surface area contributed by atoms with Crippen LogP contribution in [0.4, 0.5) is 15.9 Å². The van der Waals surface area contributed by atoms with Crippen LogP contribution in [0.2, 0.25) is 0 Å². The van der Waals surface area contributed by atoms with E-state index in [0.29, 0.717) is 17.4 Å². The van der Waals surface area contributed by atoms with Gasteiger partial charge in [0.15, 0.2) is 0 Å². The minimum absolute atomic E-state index is 0.434. The quantitative estimate of drug-likeness (QED) is 0.103. The number of nitrogens with one attached hydrogen (secondary N) is 1. The van der Waals surface area contributed by atoms with E-state index >= 15 is 4.48 Å². The first kappa shape index (κ1) is 32.4. The molecule has 45 heavy (non-hydrogen) atoms. The monoisotopic (exact) mass is 594 g/mol. The van der Waals surface area contributed by atoms with E-state index in [4.69, 9.17) is 5.41 Å². The second kappa shape index (κ2) is 17.5. The summed E-state index contributed by atoms with van der Waals surface area (Å²) in [5.74, 6) is 0. The zero-order chi connectivity index (χ0) is 31.7. The first-order valence-electron chi connectivity index (χ1n) is 15.0. The Kier molecular flexibility index (Phi) is 12.6. The zero-order valence-corrected chi connectivity index (χ0v) is 25.6. The normalized spacial score (nSPS) is 10.4. The van der Waals surface area contributed by atoms with Crippen LogP contribution in [0.1, 0.15) is 22.3 Å². The molecule has 0 bridgehead atoms. The molecule has 6 aromatic carbocycles. The lowest BCUT2D eigenvalue weighted by atomic mass is 9.97. The van der Waals surface area contributed by atoms with Crippen LogP contribution in [0.25, 0.3) is 10.8 Å². The number of aryl methyl sites for hydroxylation is 3. The van der Waals surface area contributed by atoms with Gasteiger partial charge < -0.3 is 5.41 Å². The molecule has 0 atom stereocenters. The highest BCUT2D eigenvalue weighted by atomic mass is 19.2. The lowest BCUT2D eigenvalue weighted by molar-refractivity contribution is 0.0297. The first-order chi connectivity index (χ1) is 22.2. The molecular weight excluding hydrogens is 555 g/mol.